The third-order valence-electron chi connectivity index (χ3n) is 6.75. The number of hydrogen-bond acceptors (Lipinski definition) is 4. The largest absolute Gasteiger partial charge is 0.495 e. The van der Waals surface area contributed by atoms with Crippen molar-refractivity contribution in [2.45, 2.75) is 0 Å². The van der Waals surface area contributed by atoms with Crippen LogP contribution in [0.5, 0.6) is 11.5 Å². The Morgan fingerprint density at radius 3 is 1.84 bits per heavy atom. The summed E-state index contributed by atoms with van der Waals surface area (Å²) in [7, 11) is 3.38. The highest BCUT2D eigenvalue weighted by Gasteiger charge is 2.23. The molecule has 0 N–H and O–H groups in total. The van der Waals surface area contributed by atoms with Crippen LogP contribution in [0, 0.1) is 11.3 Å². The van der Waals surface area contributed by atoms with E-state index >= 15 is 0 Å². The van der Waals surface area contributed by atoms with Crippen molar-refractivity contribution >= 4 is 21.8 Å². The van der Waals surface area contributed by atoms with Gasteiger partial charge in [0.1, 0.15) is 11.5 Å². The third kappa shape index (κ3) is 3.59. The lowest BCUT2D eigenvalue weighted by Gasteiger charge is -2.19. The molecule has 0 spiro atoms. The van der Waals surface area contributed by atoms with Crippen LogP contribution in [0.15, 0.2) is 103 Å². The molecule has 6 rings (SSSR count). The van der Waals surface area contributed by atoms with Crippen molar-refractivity contribution in [1.82, 2.24) is 9.55 Å². The van der Waals surface area contributed by atoms with Crippen LogP contribution in [0.1, 0.15) is 5.56 Å². The molecule has 5 heteroatoms. The molecular weight excluding hydrogens is 458 g/mol. The van der Waals surface area contributed by atoms with Crippen molar-refractivity contribution in [3.8, 4) is 45.5 Å². The Kier molecular flexibility index (Phi) is 5.55. The van der Waals surface area contributed by atoms with E-state index in [0.717, 1.165) is 61.2 Å². The predicted molar refractivity (Wildman–Crippen MR) is 147 cm³/mol. The molecule has 178 valence electrons. The van der Waals surface area contributed by atoms with Gasteiger partial charge in [-0.25, -0.2) is 0 Å². The Balaban J connectivity index is 1.84. The fraction of sp³-hybridized carbons (Fsp3) is 0.0625. The Hall–Kier alpha value is -5.08. The molecule has 0 aliphatic carbocycles. The van der Waals surface area contributed by atoms with Crippen LogP contribution < -0.4 is 9.47 Å². The summed E-state index contributed by atoms with van der Waals surface area (Å²) in [5.74, 6) is 1.51. The van der Waals surface area contributed by atoms with E-state index in [0.29, 0.717) is 5.56 Å². The van der Waals surface area contributed by atoms with Crippen molar-refractivity contribution < 1.29 is 9.47 Å². The van der Waals surface area contributed by atoms with E-state index in [-0.39, 0.29) is 0 Å². The van der Waals surface area contributed by atoms with Crippen LogP contribution in [-0.4, -0.2) is 23.8 Å². The molecule has 0 aliphatic heterocycles. The first-order valence-electron chi connectivity index (χ1n) is 11.9. The smallest absolute Gasteiger partial charge is 0.143 e. The highest BCUT2D eigenvalue weighted by atomic mass is 16.5. The van der Waals surface area contributed by atoms with E-state index in [4.69, 9.17) is 9.47 Å². The van der Waals surface area contributed by atoms with Gasteiger partial charge in [-0.2, -0.15) is 5.26 Å². The molecule has 0 fully saturated rings. The molecule has 5 nitrogen and oxygen atoms in total. The summed E-state index contributed by atoms with van der Waals surface area (Å²) in [6.45, 7) is 0. The monoisotopic (exact) mass is 481 g/mol. The molecule has 0 aliphatic rings. The van der Waals surface area contributed by atoms with Gasteiger partial charge in [0.25, 0.3) is 0 Å². The summed E-state index contributed by atoms with van der Waals surface area (Å²) in [6.07, 6.45) is 3.49. The number of fused-ring (bicyclic) bond motifs is 3. The van der Waals surface area contributed by atoms with E-state index < -0.39 is 0 Å². The number of pyridine rings is 1. The van der Waals surface area contributed by atoms with Gasteiger partial charge in [0.2, 0.25) is 0 Å². The van der Waals surface area contributed by atoms with Gasteiger partial charge >= 0.3 is 0 Å². The van der Waals surface area contributed by atoms with Crippen LogP contribution in [0.2, 0.25) is 0 Å². The third-order valence-corrected chi connectivity index (χ3v) is 6.75. The molecule has 0 bridgehead atoms. The summed E-state index contributed by atoms with van der Waals surface area (Å²) in [6, 6.07) is 32.6. The number of benzene rings is 4. The number of ether oxygens (including phenoxy) is 2. The topological polar surface area (TPSA) is 60.1 Å². The van der Waals surface area contributed by atoms with Crippen LogP contribution in [0.25, 0.3) is 49.7 Å². The van der Waals surface area contributed by atoms with Gasteiger partial charge in [0.15, 0.2) is 0 Å². The first-order chi connectivity index (χ1) is 18.2. The minimum absolute atomic E-state index is 0.591. The summed E-state index contributed by atoms with van der Waals surface area (Å²) < 4.78 is 14.0. The molecule has 0 atom stereocenters. The zero-order valence-electron chi connectivity index (χ0n) is 20.5. The number of hydrogen-bond donors (Lipinski definition) is 0. The van der Waals surface area contributed by atoms with E-state index in [1.54, 1.807) is 26.6 Å². The van der Waals surface area contributed by atoms with Crippen molar-refractivity contribution in [2.75, 3.05) is 14.2 Å². The summed E-state index contributed by atoms with van der Waals surface area (Å²) in [4.78, 5) is 4.17. The Labute approximate surface area is 214 Å². The second-order valence-electron chi connectivity index (χ2n) is 8.68. The molecule has 2 aromatic heterocycles. The van der Waals surface area contributed by atoms with Crippen molar-refractivity contribution in [3.63, 3.8) is 0 Å². The quantitative estimate of drug-likeness (QED) is 0.257. The molecule has 2 heterocycles. The highest BCUT2D eigenvalue weighted by Crippen LogP contribution is 2.44. The standard InChI is InChI=1S/C32H23N3O2/c1-36-29-12-6-10-24-25-11-7-13-30(37-2)32(25)35(31(24)29)28-19-26(22-14-16-34-17-15-22)23(20-33)18-27(28)21-8-4-3-5-9-21/h3-19H,1-2H3. The number of methoxy groups -OCH3 is 2. The first-order valence-corrected chi connectivity index (χ1v) is 11.9. The second kappa shape index (κ2) is 9.18. The van der Waals surface area contributed by atoms with E-state index in [2.05, 4.69) is 46.0 Å². The summed E-state index contributed by atoms with van der Waals surface area (Å²) in [5, 5.41) is 12.3. The lowest BCUT2D eigenvalue weighted by Crippen LogP contribution is -2.02. The Morgan fingerprint density at radius 1 is 0.676 bits per heavy atom. The fourth-order valence-corrected chi connectivity index (χ4v) is 5.11. The molecule has 0 unspecified atom stereocenters. The van der Waals surface area contributed by atoms with Crippen LogP contribution in [-0.2, 0) is 0 Å². The molecule has 0 saturated heterocycles. The van der Waals surface area contributed by atoms with Gasteiger partial charge in [-0.05, 0) is 47.5 Å². The van der Waals surface area contributed by atoms with Crippen LogP contribution >= 0.6 is 0 Å². The molecular formula is C32H23N3O2. The maximum atomic E-state index is 10.2. The fourth-order valence-electron chi connectivity index (χ4n) is 5.11. The lowest BCUT2D eigenvalue weighted by molar-refractivity contribution is 0.416. The first kappa shape index (κ1) is 22.4. The number of para-hydroxylation sites is 2. The van der Waals surface area contributed by atoms with Gasteiger partial charge in [-0.15, -0.1) is 0 Å². The summed E-state index contributed by atoms with van der Waals surface area (Å²) >= 11 is 0. The number of nitrogens with zero attached hydrogens (tertiary/aromatic N) is 3. The number of nitriles is 1. The molecule has 0 radical (unpaired) electrons. The van der Waals surface area contributed by atoms with E-state index in [9.17, 15) is 5.26 Å². The minimum Gasteiger partial charge on any atom is -0.495 e. The van der Waals surface area contributed by atoms with Gasteiger partial charge in [0.05, 0.1) is 42.6 Å². The average molecular weight is 482 g/mol. The highest BCUT2D eigenvalue weighted by molar-refractivity contribution is 6.13. The van der Waals surface area contributed by atoms with Crippen LogP contribution in [0.3, 0.4) is 0 Å². The number of aromatic nitrogens is 2. The van der Waals surface area contributed by atoms with Gasteiger partial charge in [0, 0.05) is 34.3 Å². The second-order valence-corrected chi connectivity index (χ2v) is 8.68. The molecule has 0 amide bonds. The van der Waals surface area contributed by atoms with Crippen molar-refractivity contribution in [1.29, 1.82) is 5.26 Å². The molecule has 0 saturated carbocycles. The Morgan fingerprint density at radius 2 is 1.27 bits per heavy atom. The molecule has 37 heavy (non-hydrogen) atoms. The zero-order valence-corrected chi connectivity index (χ0v) is 20.5. The lowest BCUT2D eigenvalue weighted by atomic mass is 9.94. The minimum atomic E-state index is 0.591. The van der Waals surface area contributed by atoms with Crippen molar-refractivity contribution in [3.05, 3.63) is 109 Å². The Bertz CT molecular complexity index is 1740. The van der Waals surface area contributed by atoms with Gasteiger partial charge in [-0.1, -0.05) is 54.6 Å². The van der Waals surface area contributed by atoms with Gasteiger partial charge in [-0.3, -0.25) is 4.98 Å². The maximum Gasteiger partial charge on any atom is 0.143 e. The predicted octanol–water partition coefficient (Wildman–Crippen LogP) is 7.40. The normalized spacial score (nSPS) is 10.9. The maximum absolute atomic E-state index is 10.2. The molecule has 4 aromatic carbocycles. The van der Waals surface area contributed by atoms with Gasteiger partial charge < -0.3 is 14.0 Å². The van der Waals surface area contributed by atoms with Crippen LogP contribution in [0.4, 0.5) is 0 Å². The SMILES string of the molecule is COc1cccc2c3cccc(OC)c3n(-c3cc(-c4ccncc4)c(C#N)cc3-c3ccccc3)c12. The average Bonchev–Trinajstić information content (AvgIpc) is 3.32. The number of rotatable bonds is 5. The molecule has 6 aromatic rings. The summed E-state index contributed by atoms with van der Waals surface area (Å²) in [5.41, 5.74) is 7.09. The van der Waals surface area contributed by atoms with E-state index in [1.165, 1.54) is 0 Å². The van der Waals surface area contributed by atoms with Crippen molar-refractivity contribution in [2.24, 2.45) is 0 Å². The zero-order chi connectivity index (χ0) is 25.4. The van der Waals surface area contributed by atoms with E-state index in [1.807, 2.05) is 60.7 Å².